The van der Waals surface area contributed by atoms with E-state index in [0.717, 1.165) is 28.6 Å². The molecule has 0 fully saturated rings. The monoisotopic (exact) mass is 316 g/mol. The fourth-order valence-electron chi connectivity index (χ4n) is 1.90. The highest BCUT2D eigenvalue weighted by Gasteiger charge is 2.02. The third-order valence-corrected chi connectivity index (χ3v) is 3.69. The first-order valence-corrected chi connectivity index (χ1v) is 8.40. The fraction of sp³-hybridized carbons (Fsp3) is 0.235. The van der Waals surface area contributed by atoms with Gasteiger partial charge in [-0.05, 0) is 54.8 Å². The molecule has 0 heterocycles. The molecule has 1 amide bonds. The lowest BCUT2D eigenvalue weighted by Crippen LogP contribution is -2.11. The summed E-state index contributed by atoms with van der Waals surface area (Å²) in [4.78, 5) is 11.7. The van der Waals surface area contributed by atoms with Gasteiger partial charge < -0.3 is 15.4 Å². The zero-order valence-corrected chi connectivity index (χ0v) is 13.6. The van der Waals surface area contributed by atoms with Crippen LogP contribution in [0.25, 0.3) is 0 Å². The molecule has 0 aromatic heterocycles. The largest absolute Gasteiger partial charge is 0.497 e. The molecular weight excluding hydrogens is 296 g/mol. The molecule has 0 atom stereocenters. The molecule has 4 nitrogen and oxygen atoms in total. The molecular formula is C17H20N2O2S. The molecule has 0 spiro atoms. The normalized spacial score (nSPS) is 10.1. The lowest BCUT2D eigenvalue weighted by Gasteiger charge is -2.09. The van der Waals surface area contributed by atoms with Gasteiger partial charge in [0.2, 0.25) is 5.91 Å². The second-order valence-electron chi connectivity index (χ2n) is 4.72. The molecule has 22 heavy (non-hydrogen) atoms. The maximum Gasteiger partial charge on any atom is 0.225 e. The number of amides is 1. The Labute approximate surface area is 135 Å². The van der Waals surface area contributed by atoms with Gasteiger partial charge in [0.15, 0.2) is 0 Å². The number of anilines is 3. The summed E-state index contributed by atoms with van der Waals surface area (Å²) < 4.78 is 5.13. The molecule has 0 bridgehead atoms. The minimum Gasteiger partial charge on any atom is -0.497 e. The molecule has 2 rings (SSSR count). The number of methoxy groups -OCH3 is 1. The van der Waals surface area contributed by atoms with E-state index < -0.39 is 0 Å². The van der Waals surface area contributed by atoms with Crippen LogP contribution in [0.2, 0.25) is 0 Å². The average Bonchev–Trinajstić information content (AvgIpc) is 2.55. The second-order valence-corrected chi connectivity index (χ2v) is 5.71. The summed E-state index contributed by atoms with van der Waals surface area (Å²) in [5, 5.41) is 6.18. The molecule has 116 valence electrons. The summed E-state index contributed by atoms with van der Waals surface area (Å²) in [7, 11) is 1.65. The van der Waals surface area contributed by atoms with Crippen molar-refractivity contribution >= 4 is 34.7 Å². The Bertz CT molecular complexity index is 597. The second kappa shape index (κ2) is 8.34. The van der Waals surface area contributed by atoms with Crippen molar-refractivity contribution in [1.82, 2.24) is 0 Å². The third-order valence-electron chi connectivity index (χ3n) is 3.08. The third kappa shape index (κ3) is 5.00. The summed E-state index contributed by atoms with van der Waals surface area (Å²) >= 11 is 1.67. The van der Waals surface area contributed by atoms with Gasteiger partial charge in [-0.3, -0.25) is 4.79 Å². The summed E-state index contributed by atoms with van der Waals surface area (Å²) in [6, 6.07) is 15.4. The van der Waals surface area contributed by atoms with E-state index in [1.165, 1.54) is 0 Å². The number of hydrogen-bond donors (Lipinski definition) is 2. The van der Waals surface area contributed by atoms with Crippen LogP contribution in [0.5, 0.6) is 5.75 Å². The van der Waals surface area contributed by atoms with Crippen LogP contribution >= 0.6 is 11.8 Å². The number of thioether (sulfide) groups is 1. The number of benzene rings is 2. The van der Waals surface area contributed by atoms with E-state index in [1.54, 1.807) is 18.9 Å². The molecule has 0 aliphatic rings. The van der Waals surface area contributed by atoms with Gasteiger partial charge in [0.1, 0.15) is 5.75 Å². The number of carbonyl (C=O) groups excluding carboxylic acids is 1. The van der Waals surface area contributed by atoms with Crippen molar-refractivity contribution in [3.8, 4) is 5.75 Å². The minimum atomic E-state index is 0.0465. The van der Waals surface area contributed by atoms with Crippen LogP contribution < -0.4 is 15.4 Å². The standard InChI is InChI=1S/C17H20N2O2S/c1-21-16-9-7-14(8-10-16)18-13-3-5-15(6-4-13)19-17(20)11-12-22-2/h3-10,18H,11-12H2,1-2H3,(H,19,20). The average molecular weight is 316 g/mol. The number of rotatable bonds is 7. The van der Waals surface area contributed by atoms with Crippen molar-refractivity contribution in [2.24, 2.45) is 0 Å². The van der Waals surface area contributed by atoms with Gasteiger partial charge in [0.25, 0.3) is 0 Å². The van der Waals surface area contributed by atoms with Gasteiger partial charge in [0, 0.05) is 29.2 Å². The molecule has 0 unspecified atom stereocenters. The summed E-state index contributed by atoms with van der Waals surface area (Å²) in [6.45, 7) is 0. The summed E-state index contributed by atoms with van der Waals surface area (Å²) in [6.07, 6.45) is 2.53. The zero-order chi connectivity index (χ0) is 15.8. The molecule has 0 aliphatic heterocycles. The van der Waals surface area contributed by atoms with Gasteiger partial charge in [-0.15, -0.1) is 0 Å². The lowest BCUT2D eigenvalue weighted by atomic mass is 10.2. The molecule has 0 aliphatic carbocycles. The first kappa shape index (κ1) is 16.2. The fourth-order valence-corrected chi connectivity index (χ4v) is 2.29. The van der Waals surface area contributed by atoms with Crippen LogP contribution in [0.1, 0.15) is 6.42 Å². The van der Waals surface area contributed by atoms with Crippen molar-refractivity contribution in [2.45, 2.75) is 6.42 Å². The Kier molecular flexibility index (Phi) is 6.15. The van der Waals surface area contributed by atoms with Crippen molar-refractivity contribution in [2.75, 3.05) is 29.8 Å². The van der Waals surface area contributed by atoms with Crippen molar-refractivity contribution in [3.05, 3.63) is 48.5 Å². The molecule has 2 aromatic rings. The van der Waals surface area contributed by atoms with Gasteiger partial charge in [0.05, 0.1) is 7.11 Å². The van der Waals surface area contributed by atoms with Gasteiger partial charge in [-0.1, -0.05) is 0 Å². The summed E-state index contributed by atoms with van der Waals surface area (Å²) in [5.74, 6) is 1.71. The molecule has 5 heteroatoms. The van der Waals surface area contributed by atoms with Crippen LogP contribution in [0.15, 0.2) is 48.5 Å². The Morgan fingerprint density at radius 1 is 1.00 bits per heavy atom. The van der Waals surface area contributed by atoms with Crippen molar-refractivity contribution in [3.63, 3.8) is 0 Å². The summed E-state index contributed by atoms with van der Waals surface area (Å²) in [5.41, 5.74) is 2.76. The van der Waals surface area contributed by atoms with E-state index in [0.29, 0.717) is 6.42 Å². The number of ether oxygens (including phenoxy) is 1. The number of nitrogens with one attached hydrogen (secondary N) is 2. The number of carbonyl (C=O) groups is 1. The minimum absolute atomic E-state index is 0.0465. The molecule has 0 saturated carbocycles. The topological polar surface area (TPSA) is 50.4 Å². The molecule has 0 saturated heterocycles. The van der Waals surface area contributed by atoms with Gasteiger partial charge in [-0.2, -0.15) is 11.8 Å². The highest BCUT2D eigenvalue weighted by molar-refractivity contribution is 7.98. The lowest BCUT2D eigenvalue weighted by molar-refractivity contribution is -0.115. The smallest absolute Gasteiger partial charge is 0.225 e. The van der Waals surface area contributed by atoms with E-state index >= 15 is 0 Å². The van der Waals surface area contributed by atoms with Crippen LogP contribution in [0.4, 0.5) is 17.1 Å². The first-order chi connectivity index (χ1) is 10.7. The van der Waals surface area contributed by atoms with Crippen molar-refractivity contribution < 1.29 is 9.53 Å². The Morgan fingerprint density at radius 2 is 1.55 bits per heavy atom. The van der Waals surface area contributed by atoms with Crippen LogP contribution in [0.3, 0.4) is 0 Å². The van der Waals surface area contributed by atoms with Crippen LogP contribution in [-0.2, 0) is 4.79 Å². The van der Waals surface area contributed by atoms with Gasteiger partial charge >= 0.3 is 0 Å². The Hall–Kier alpha value is -2.14. The van der Waals surface area contributed by atoms with E-state index in [2.05, 4.69) is 10.6 Å². The van der Waals surface area contributed by atoms with E-state index in [4.69, 9.17) is 4.74 Å². The quantitative estimate of drug-likeness (QED) is 0.806. The van der Waals surface area contributed by atoms with E-state index in [9.17, 15) is 4.79 Å². The van der Waals surface area contributed by atoms with Gasteiger partial charge in [-0.25, -0.2) is 0 Å². The highest BCUT2D eigenvalue weighted by atomic mass is 32.2. The number of hydrogen-bond acceptors (Lipinski definition) is 4. The predicted molar refractivity (Wildman–Crippen MR) is 94.3 cm³/mol. The predicted octanol–water partition coefficient (Wildman–Crippen LogP) is 4.13. The SMILES string of the molecule is COc1ccc(Nc2ccc(NC(=O)CCSC)cc2)cc1. The van der Waals surface area contributed by atoms with Crippen LogP contribution in [0, 0.1) is 0 Å². The Morgan fingerprint density at radius 3 is 2.09 bits per heavy atom. The van der Waals surface area contributed by atoms with Crippen molar-refractivity contribution in [1.29, 1.82) is 0 Å². The van der Waals surface area contributed by atoms with E-state index in [1.807, 2.05) is 54.8 Å². The highest BCUT2D eigenvalue weighted by Crippen LogP contribution is 2.21. The first-order valence-electron chi connectivity index (χ1n) is 7.01. The maximum atomic E-state index is 11.7. The molecule has 2 N–H and O–H groups in total. The molecule has 0 radical (unpaired) electrons. The maximum absolute atomic E-state index is 11.7. The zero-order valence-electron chi connectivity index (χ0n) is 12.8. The molecule has 2 aromatic carbocycles. The van der Waals surface area contributed by atoms with E-state index in [-0.39, 0.29) is 5.91 Å². The Balaban J connectivity index is 1.92. The van der Waals surface area contributed by atoms with Crippen LogP contribution in [-0.4, -0.2) is 25.0 Å².